The molecule has 39 heavy (non-hydrogen) atoms. The van der Waals surface area contributed by atoms with E-state index in [4.69, 9.17) is 0 Å². The number of likely N-dealkylation sites (tertiary alicyclic amines) is 1. The zero-order valence-corrected chi connectivity index (χ0v) is 22.2. The number of benzene rings is 2. The Hall–Kier alpha value is -3.60. The van der Waals surface area contributed by atoms with Crippen molar-refractivity contribution in [3.63, 3.8) is 0 Å². The van der Waals surface area contributed by atoms with Crippen molar-refractivity contribution in [1.29, 1.82) is 0 Å². The number of carbonyl (C=O) groups excluding carboxylic acids is 3. The molecule has 210 valence electrons. The summed E-state index contributed by atoms with van der Waals surface area (Å²) in [6, 6.07) is 13.5. The number of carbonyl (C=O) groups is 3. The predicted octanol–water partition coefficient (Wildman–Crippen LogP) is 3.64. The number of urea groups is 1. The fourth-order valence-corrected chi connectivity index (χ4v) is 5.11. The van der Waals surface area contributed by atoms with E-state index in [9.17, 15) is 27.6 Å². The summed E-state index contributed by atoms with van der Waals surface area (Å²) in [4.78, 5) is 47.6. The Morgan fingerprint density at radius 1 is 0.821 bits per heavy atom. The third-order valence-corrected chi connectivity index (χ3v) is 7.26. The molecule has 0 N–H and O–H groups in total. The van der Waals surface area contributed by atoms with E-state index in [0.717, 1.165) is 17.8 Å². The number of hydrogen-bond donors (Lipinski definition) is 0. The van der Waals surface area contributed by atoms with Gasteiger partial charge in [-0.2, -0.15) is 13.2 Å². The number of halogens is 3. The van der Waals surface area contributed by atoms with Crippen LogP contribution in [0.25, 0.3) is 0 Å². The monoisotopic (exact) mass is 545 g/mol. The molecule has 2 aliphatic heterocycles. The van der Waals surface area contributed by atoms with Gasteiger partial charge in [-0.25, -0.2) is 4.79 Å². The topological polar surface area (TPSA) is 67.4 Å². The Labute approximate surface area is 226 Å². The van der Waals surface area contributed by atoms with Gasteiger partial charge in [-0.1, -0.05) is 18.2 Å². The van der Waals surface area contributed by atoms with E-state index >= 15 is 0 Å². The average Bonchev–Trinajstić information content (AvgIpc) is 2.93. The number of piperidine rings is 1. The Kier molecular flexibility index (Phi) is 8.79. The molecule has 0 aliphatic carbocycles. The van der Waals surface area contributed by atoms with Gasteiger partial charge in [0.2, 0.25) is 5.91 Å². The highest BCUT2D eigenvalue weighted by molar-refractivity contribution is 5.96. The number of nitrogens with zero attached hydrogens (tertiary/aromatic N) is 5. The van der Waals surface area contributed by atoms with Crippen LogP contribution in [0.5, 0.6) is 0 Å². The number of amides is 4. The second-order valence-electron chi connectivity index (χ2n) is 10.1. The van der Waals surface area contributed by atoms with Crippen LogP contribution in [0.1, 0.15) is 28.8 Å². The summed E-state index contributed by atoms with van der Waals surface area (Å²) in [5.41, 5.74) is 0.209. The van der Waals surface area contributed by atoms with Crippen LogP contribution in [0.3, 0.4) is 0 Å². The van der Waals surface area contributed by atoms with Crippen LogP contribution in [0, 0.1) is 0 Å². The third-order valence-electron chi connectivity index (χ3n) is 7.26. The number of alkyl halides is 3. The maximum Gasteiger partial charge on any atom is 0.416 e. The summed E-state index contributed by atoms with van der Waals surface area (Å²) >= 11 is 0. The molecule has 2 fully saturated rings. The molecule has 2 aromatic rings. The van der Waals surface area contributed by atoms with Crippen molar-refractivity contribution in [2.75, 3.05) is 64.8 Å². The van der Waals surface area contributed by atoms with Gasteiger partial charge in [-0.15, -0.1) is 0 Å². The van der Waals surface area contributed by atoms with Gasteiger partial charge in [0.1, 0.15) is 0 Å². The first-order valence-electron chi connectivity index (χ1n) is 13.1. The lowest BCUT2D eigenvalue weighted by atomic mass is 10.0. The van der Waals surface area contributed by atoms with E-state index < -0.39 is 11.7 Å². The van der Waals surface area contributed by atoms with Crippen molar-refractivity contribution in [2.24, 2.45) is 0 Å². The lowest BCUT2D eigenvalue weighted by molar-refractivity contribution is -0.137. The van der Waals surface area contributed by atoms with Gasteiger partial charge in [0.25, 0.3) is 5.91 Å². The van der Waals surface area contributed by atoms with Crippen molar-refractivity contribution >= 4 is 23.5 Å². The van der Waals surface area contributed by atoms with E-state index in [1.54, 1.807) is 28.8 Å². The summed E-state index contributed by atoms with van der Waals surface area (Å²) in [7, 11) is 3.44. The second kappa shape index (κ2) is 12.1. The van der Waals surface area contributed by atoms with Crippen LogP contribution >= 0.6 is 0 Å². The van der Waals surface area contributed by atoms with Crippen LogP contribution < -0.4 is 4.90 Å². The van der Waals surface area contributed by atoms with E-state index in [2.05, 4.69) is 4.90 Å². The number of anilines is 1. The minimum absolute atomic E-state index is 0.0375. The van der Waals surface area contributed by atoms with Crippen molar-refractivity contribution < 1.29 is 27.6 Å². The molecule has 8 nitrogen and oxygen atoms in total. The number of piperazine rings is 1. The summed E-state index contributed by atoms with van der Waals surface area (Å²) in [6.07, 6.45) is -3.35. The molecule has 2 aliphatic rings. The smallest absolute Gasteiger partial charge is 0.338 e. The van der Waals surface area contributed by atoms with Gasteiger partial charge in [0, 0.05) is 70.7 Å². The van der Waals surface area contributed by atoms with Gasteiger partial charge >= 0.3 is 12.2 Å². The highest BCUT2D eigenvalue weighted by Crippen LogP contribution is 2.30. The molecule has 4 rings (SSSR count). The van der Waals surface area contributed by atoms with Crippen LogP contribution in [0.15, 0.2) is 54.6 Å². The first-order chi connectivity index (χ1) is 18.5. The standard InChI is InChI=1S/C28H34F3N5O3/c1-32(2)27(39)35-18-16-33(17-19-35)20-25(37)36(23-6-4-3-5-7-23)24-12-14-34(15-13-24)26(38)21-8-10-22(11-9-21)28(29,30)31/h3-11,24H,12-20H2,1-2H3. The molecule has 0 bridgehead atoms. The quantitative estimate of drug-likeness (QED) is 0.576. The van der Waals surface area contributed by atoms with E-state index in [0.29, 0.717) is 52.1 Å². The molecule has 0 unspecified atom stereocenters. The molecule has 0 spiro atoms. The zero-order valence-electron chi connectivity index (χ0n) is 22.2. The SMILES string of the molecule is CN(C)C(=O)N1CCN(CC(=O)N(c2ccccc2)C2CCN(C(=O)c3ccc(C(F)(F)F)cc3)CC2)CC1. The maximum absolute atomic E-state index is 13.6. The molecule has 0 radical (unpaired) electrons. The van der Waals surface area contributed by atoms with Gasteiger partial charge in [-0.05, 0) is 49.2 Å². The Bertz CT molecular complexity index is 1140. The second-order valence-corrected chi connectivity index (χ2v) is 10.1. The molecule has 0 atom stereocenters. The third kappa shape index (κ3) is 6.89. The molecule has 2 aromatic carbocycles. The molecule has 0 aromatic heterocycles. The summed E-state index contributed by atoms with van der Waals surface area (Å²) < 4.78 is 38.6. The van der Waals surface area contributed by atoms with Crippen LogP contribution in [0.4, 0.5) is 23.7 Å². The fraction of sp³-hybridized carbons (Fsp3) is 0.464. The van der Waals surface area contributed by atoms with E-state index in [1.807, 2.05) is 35.2 Å². The highest BCUT2D eigenvalue weighted by atomic mass is 19.4. The van der Waals surface area contributed by atoms with Crippen molar-refractivity contribution in [3.05, 3.63) is 65.7 Å². The fourth-order valence-electron chi connectivity index (χ4n) is 5.11. The molecule has 4 amide bonds. The Morgan fingerprint density at radius 2 is 1.41 bits per heavy atom. The van der Waals surface area contributed by atoms with Gasteiger partial charge in [-0.3, -0.25) is 14.5 Å². The van der Waals surface area contributed by atoms with Crippen molar-refractivity contribution in [2.45, 2.75) is 25.1 Å². The maximum atomic E-state index is 13.6. The van der Waals surface area contributed by atoms with Crippen LogP contribution in [-0.4, -0.2) is 103 Å². The lowest BCUT2D eigenvalue weighted by Crippen LogP contribution is -2.55. The largest absolute Gasteiger partial charge is 0.416 e. The van der Waals surface area contributed by atoms with Crippen molar-refractivity contribution in [3.8, 4) is 0 Å². The lowest BCUT2D eigenvalue weighted by Gasteiger charge is -2.40. The summed E-state index contributed by atoms with van der Waals surface area (Å²) in [6.45, 7) is 3.34. The zero-order chi connectivity index (χ0) is 28.2. The summed E-state index contributed by atoms with van der Waals surface area (Å²) in [5.74, 6) is -0.356. The Morgan fingerprint density at radius 3 is 1.95 bits per heavy atom. The van der Waals surface area contributed by atoms with Crippen LogP contribution in [-0.2, 0) is 11.0 Å². The molecule has 11 heteroatoms. The molecular weight excluding hydrogens is 511 g/mol. The molecule has 2 heterocycles. The minimum atomic E-state index is -4.45. The Balaban J connectivity index is 1.38. The molecule has 2 saturated heterocycles. The van der Waals surface area contributed by atoms with Gasteiger partial charge < -0.3 is 19.6 Å². The number of rotatable bonds is 5. The number of hydrogen-bond acceptors (Lipinski definition) is 4. The van der Waals surface area contributed by atoms with Crippen LogP contribution in [0.2, 0.25) is 0 Å². The minimum Gasteiger partial charge on any atom is -0.338 e. The highest BCUT2D eigenvalue weighted by Gasteiger charge is 2.34. The first-order valence-corrected chi connectivity index (χ1v) is 13.1. The first kappa shape index (κ1) is 28.4. The molecule has 0 saturated carbocycles. The normalized spacial score (nSPS) is 17.2. The average molecular weight is 546 g/mol. The van der Waals surface area contributed by atoms with Crippen molar-refractivity contribution in [1.82, 2.24) is 19.6 Å². The van der Waals surface area contributed by atoms with E-state index in [1.165, 1.54) is 12.1 Å². The summed E-state index contributed by atoms with van der Waals surface area (Å²) in [5, 5.41) is 0. The van der Waals surface area contributed by atoms with Gasteiger partial charge in [0.05, 0.1) is 12.1 Å². The number of para-hydroxylation sites is 1. The molecular formula is C28H34F3N5O3. The van der Waals surface area contributed by atoms with E-state index in [-0.39, 0.29) is 36.0 Å². The predicted molar refractivity (Wildman–Crippen MR) is 141 cm³/mol. The van der Waals surface area contributed by atoms with Gasteiger partial charge in [0.15, 0.2) is 0 Å².